The minimum absolute atomic E-state index is 0.208. The van der Waals surface area contributed by atoms with E-state index in [1.54, 1.807) is 10.7 Å². The highest BCUT2D eigenvalue weighted by Crippen LogP contribution is 2.35. The van der Waals surface area contributed by atoms with Crippen LogP contribution in [0.1, 0.15) is 29.1 Å². The maximum atomic E-state index is 12.4. The van der Waals surface area contributed by atoms with Gasteiger partial charge in [0, 0.05) is 11.8 Å². The molecular formula is C16H15ClN4O2S. The maximum absolute atomic E-state index is 12.4. The summed E-state index contributed by atoms with van der Waals surface area (Å²) in [6.07, 6.45) is 5.47. The van der Waals surface area contributed by atoms with Gasteiger partial charge in [0.2, 0.25) is 0 Å². The quantitative estimate of drug-likeness (QED) is 0.750. The van der Waals surface area contributed by atoms with Gasteiger partial charge in [0.15, 0.2) is 5.01 Å². The number of fused-ring (bicyclic) bond motifs is 1. The number of hydrogen-bond acceptors (Lipinski definition) is 5. The van der Waals surface area contributed by atoms with Crippen LogP contribution in [0.25, 0.3) is 16.8 Å². The lowest BCUT2D eigenvalue weighted by Gasteiger charge is -2.15. The van der Waals surface area contributed by atoms with Crippen LogP contribution < -0.4 is 5.32 Å². The Hall–Kier alpha value is -1.96. The second kappa shape index (κ2) is 6.16. The molecule has 0 radical (unpaired) electrons. The molecule has 1 aliphatic carbocycles. The van der Waals surface area contributed by atoms with Gasteiger partial charge in [0.25, 0.3) is 5.91 Å². The summed E-state index contributed by atoms with van der Waals surface area (Å²) in [5.74, 6) is -0.296. The molecule has 3 heterocycles. The Bertz CT molecular complexity index is 907. The number of aliphatic hydroxyl groups is 1. The predicted octanol–water partition coefficient (Wildman–Crippen LogP) is 2.75. The number of nitrogens with one attached hydrogen (secondary N) is 1. The molecule has 2 N–H and O–H groups in total. The van der Waals surface area contributed by atoms with Crippen LogP contribution in [0.4, 0.5) is 0 Å². The Balaban J connectivity index is 1.64. The monoisotopic (exact) mass is 362 g/mol. The van der Waals surface area contributed by atoms with E-state index in [1.807, 2.05) is 24.4 Å². The van der Waals surface area contributed by atoms with Gasteiger partial charge >= 0.3 is 0 Å². The van der Waals surface area contributed by atoms with Gasteiger partial charge < -0.3 is 10.4 Å². The fraction of sp³-hybridized carbons (Fsp3) is 0.312. The van der Waals surface area contributed by atoms with Crippen molar-refractivity contribution in [1.82, 2.24) is 19.9 Å². The Labute approximate surface area is 147 Å². The van der Waals surface area contributed by atoms with E-state index in [-0.39, 0.29) is 11.9 Å². The van der Waals surface area contributed by atoms with Crippen molar-refractivity contribution in [3.63, 3.8) is 0 Å². The van der Waals surface area contributed by atoms with Crippen LogP contribution in [-0.2, 0) is 0 Å². The third-order valence-corrected chi connectivity index (χ3v) is 5.51. The van der Waals surface area contributed by atoms with Crippen LogP contribution in [0.5, 0.6) is 0 Å². The van der Waals surface area contributed by atoms with Crippen molar-refractivity contribution in [2.75, 3.05) is 0 Å². The lowest BCUT2D eigenvalue weighted by atomic mass is 10.2. The highest BCUT2D eigenvalue weighted by molar-refractivity contribution is 7.18. The number of nitrogens with zero attached hydrogens (tertiary/aromatic N) is 3. The van der Waals surface area contributed by atoms with Crippen molar-refractivity contribution in [2.24, 2.45) is 0 Å². The number of aromatic nitrogens is 3. The zero-order valence-corrected chi connectivity index (χ0v) is 14.2. The van der Waals surface area contributed by atoms with Gasteiger partial charge in [0.1, 0.15) is 10.0 Å². The Kier molecular flexibility index (Phi) is 3.99. The van der Waals surface area contributed by atoms with Crippen LogP contribution in [0.2, 0.25) is 4.34 Å². The fourth-order valence-corrected chi connectivity index (χ4v) is 4.09. The lowest BCUT2D eigenvalue weighted by molar-refractivity contribution is 0.0873. The zero-order chi connectivity index (χ0) is 16.7. The van der Waals surface area contributed by atoms with Gasteiger partial charge in [-0.2, -0.15) is 5.10 Å². The molecule has 4 rings (SSSR count). The van der Waals surface area contributed by atoms with Crippen molar-refractivity contribution < 1.29 is 9.90 Å². The molecule has 0 spiro atoms. The van der Waals surface area contributed by atoms with E-state index in [9.17, 15) is 9.90 Å². The smallest absolute Gasteiger partial charge is 0.280 e. The average Bonchev–Trinajstić information content (AvgIpc) is 3.27. The number of hydrogen-bond donors (Lipinski definition) is 2. The molecule has 124 valence electrons. The predicted molar refractivity (Wildman–Crippen MR) is 92.4 cm³/mol. The molecular weight excluding hydrogens is 348 g/mol. The highest BCUT2D eigenvalue weighted by Gasteiger charge is 2.28. The molecule has 0 saturated heterocycles. The van der Waals surface area contributed by atoms with Crippen LogP contribution in [-0.4, -0.2) is 37.8 Å². The number of carbonyl (C=O) groups is 1. The molecule has 0 aliphatic heterocycles. The summed E-state index contributed by atoms with van der Waals surface area (Å²) in [4.78, 5) is 16.8. The normalized spacial score (nSPS) is 20.6. The average molecular weight is 363 g/mol. The van der Waals surface area contributed by atoms with Crippen LogP contribution in [0.15, 0.2) is 30.6 Å². The second-order valence-electron chi connectivity index (χ2n) is 5.81. The molecule has 2 unspecified atom stereocenters. The van der Waals surface area contributed by atoms with Crippen molar-refractivity contribution >= 4 is 34.4 Å². The molecule has 1 aliphatic rings. The molecule has 1 fully saturated rings. The largest absolute Gasteiger partial charge is 0.391 e. The topological polar surface area (TPSA) is 79.5 Å². The molecule has 0 bridgehead atoms. The third-order valence-electron chi connectivity index (χ3n) is 4.26. The summed E-state index contributed by atoms with van der Waals surface area (Å²) in [7, 11) is 0. The van der Waals surface area contributed by atoms with E-state index >= 15 is 0 Å². The number of carbonyl (C=O) groups excluding carboxylic acids is 1. The van der Waals surface area contributed by atoms with E-state index in [2.05, 4.69) is 15.4 Å². The number of aliphatic hydroxyl groups excluding tert-OH is 1. The SMILES string of the molecule is O=C(NC1CCCC1O)c1nc(-c2cnn3ccccc23)c(Cl)s1. The summed E-state index contributed by atoms with van der Waals surface area (Å²) in [5, 5.41) is 17.3. The van der Waals surface area contributed by atoms with Crippen LogP contribution in [0.3, 0.4) is 0 Å². The first-order chi connectivity index (χ1) is 11.6. The first-order valence-corrected chi connectivity index (χ1v) is 8.91. The first kappa shape index (κ1) is 15.6. The van der Waals surface area contributed by atoms with Gasteiger partial charge in [-0.15, -0.1) is 0 Å². The molecule has 1 amide bonds. The van der Waals surface area contributed by atoms with Gasteiger partial charge in [-0.05, 0) is 31.4 Å². The van der Waals surface area contributed by atoms with Crippen molar-refractivity contribution in [1.29, 1.82) is 0 Å². The van der Waals surface area contributed by atoms with E-state index in [1.165, 1.54) is 0 Å². The Morgan fingerprint density at radius 1 is 1.42 bits per heavy atom. The van der Waals surface area contributed by atoms with E-state index in [0.29, 0.717) is 15.0 Å². The first-order valence-electron chi connectivity index (χ1n) is 7.71. The number of pyridine rings is 1. The third kappa shape index (κ3) is 2.68. The summed E-state index contributed by atoms with van der Waals surface area (Å²) in [5.41, 5.74) is 2.22. The number of amides is 1. The molecule has 0 aromatic carbocycles. The fourth-order valence-electron chi connectivity index (χ4n) is 3.02. The number of rotatable bonds is 3. The van der Waals surface area contributed by atoms with E-state index < -0.39 is 6.10 Å². The molecule has 8 heteroatoms. The van der Waals surface area contributed by atoms with E-state index in [4.69, 9.17) is 11.6 Å². The number of halogens is 1. The molecule has 24 heavy (non-hydrogen) atoms. The minimum Gasteiger partial charge on any atom is -0.391 e. The standard InChI is InChI=1S/C16H15ClN4O2S/c17-14-13(9-8-18-21-7-2-1-5-11(9)21)20-16(24-14)15(23)19-10-4-3-6-12(10)22/h1-2,5,7-8,10,12,22H,3-4,6H2,(H,19,23). The van der Waals surface area contributed by atoms with Crippen LogP contribution >= 0.6 is 22.9 Å². The summed E-state index contributed by atoms with van der Waals surface area (Å²) in [6.45, 7) is 0. The molecule has 6 nitrogen and oxygen atoms in total. The van der Waals surface area contributed by atoms with E-state index in [0.717, 1.165) is 41.7 Å². The Morgan fingerprint density at radius 3 is 3.08 bits per heavy atom. The van der Waals surface area contributed by atoms with Gasteiger partial charge in [-0.3, -0.25) is 4.79 Å². The molecule has 1 saturated carbocycles. The summed E-state index contributed by atoms with van der Waals surface area (Å²) >= 11 is 7.45. The summed E-state index contributed by atoms with van der Waals surface area (Å²) < 4.78 is 2.19. The number of thiazole rings is 1. The second-order valence-corrected chi connectivity index (χ2v) is 7.41. The molecule has 3 aromatic heterocycles. The zero-order valence-electron chi connectivity index (χ0n) is 12.6. The lowest BCUT2D eigenvalue weighted by Crippen LogP contribution is -2.39. The van der Waals surface area contributed by atoms with Crippen molar-refractivity contribution in [2.45, 2.75) is 31.4 Å². The van der Waals surface area contributed by atoms with Crippen LogP contribution in [0, 0.1) is 0 Å². The van der Waals surface area contributed by atoms with Gasteiger partial charge in [-0.1, -0.05) is 29.0 Å². The maximum Gasteiger partial charge on any atom is 0.280 e. The minimum atomic E-state index is -0.483. The Morgan fingerprint density at radius 2 is 2.29 bits per heavy atom. The van der Waals surface area contributed by atoms with Crippen molar-refractivity contribution in [3.8, 4) is 11.3 Å². The molecule has 2 atom stereocenters. The molecule has 3 aromatic rings. The summed E-state index contributed by atoms with van der Waals surface area (Å²) in [6, 6.07) is 5.52. The van der Waals surface area contributed by atoms with Crippen molar-refractivity contribution in [3.05, 3.63) is 39.9 Å². The highest BCUT2D eigenvalue weighted by atomic mass is 35.5. The van der Waals surface area contributed by atoms with Gasteiger partial charge in [0.05, 0.1) is 23.9 Å². The van der Waals surface area contributed by atoms with Gasteiger partial charge in [-0.25, -0.2) is 9.50 Å².